The quantitative estimate of drug-likeness (QED) is 0.503. The van der Waals surface area contributed by atoms with Crippen molar-refractivity contribution in [3.05, 3.63) is 72.3 Å². The maximum absolute atomic E-state index is 13.1. The normalized spacial score (nSPS) is 11.4. The van der Waals surface area contributed by atoms with E-state index in [0.29, 0.717) is 12.2 Å². The van der Waals surface area contributed by atoms with Crippen LogP contribution in [-0.2, 0) is 6.54 Å². The zero-order valence-corrected chi connectivity index (χ0v) is 15.0. The fourth-order valence-electron chi connectivity index (χ4n) is 3.22. The molecule has 4 heterocycles. The molecule has 8 heteroatoms. The lowest BCUT2D eigenvalue weighted by Gasteiger charge is -2.01. The van der Waals surface area contributed by atoms with E-state index in [1.54, 1.807) is 30.7 Å². The first-order valence-electron chi connectivity index (χ1n) is 8.79. The third-order valence-electron chi connectivity index (χ3n) is 4.69. The summed E-state index contributed by atoms with van der Waals surface area (Å²) >= 11 is 0. The Hall–Kier alpha value is -3.81. The zero-order valence-electron chi connectivity index (χ0n) is 15.0. The molecule has 0 aliphatic rings. The van der Waals surface area contributed by atoms with Gasteiger partial charge in [0.25, 0.3) is 0 Å². The molecule has 0 aliphatic carbocycles. The van der Waals surface area contributed by atoms with Crippen molar-refractivity contribution in [2.45, 2.75) is 13.5 Å². The first kappa shape index (κ1) is 16.4. The molecule has 0 radical (unpaired) electrons. The number of rotatable bonds is 4. The van der Waals surface area contributed by atoms with Gasteiger partial charge in [-0.25, -0.2) is 14.4 Å². The highest BCUT2D eigenvalue weighted by Gasteiger charge is 2.14. The Morgan fingerprint density at radius 3 is 2.71 bits per heavy atom. The summed E-state index contributed by atoms with van der Waals surface area (Å²) < 4.78 is 14.9. The van der Waals surface area contributed by atoms with E-state index in [1.807, 2.05) is 24.0 Å². The average Bonchev–Trinajstić information content (AvgIpc) is 3.42. The number of hydrogen-bond acceptors (Lipinski definition) is 4. The molecule has 0 unspecified atom stereocenters. The molecule has 1 aromatic carbocycles. The number of halogens is 1. The molecule has 0 saturated carbocycles. The topological polar surface area (TPSA) is 88.1 Å². The summed E-state index contributed by atoms with van der Waals surface area (Å²) in [5.41, 5.74) is 6.96. The van der Waals surface area contributed by atoms with E-state index in [9.17, 15) is 4.39 Å². The largest absolute Gasteiger partial charge is 0.344 e. The average molecular weight is 373 g/mol. The van der Waals surface area contributed by atoms with Crippen LogP contribution in [-0.4, -0.2) is 34.9 Å². The summed E-state index contributed by atoms with van der Waals surface area (Å²) in [7, 11) is 0. The van der Waals surface area contributed by atoms with Crippen molar-refractivity contribution in [1.29, 1.82) is 0 Å². The van der Waals surface area contributed by atoms with Crippen LogP contribution in [0.1, 0.15) is 11.3 Å². The Bertz CT molecular complexity index is 1260. The fourth-order valence-corrected chi connectivity index (χ4v) is 3.22. The predicted octanol–water partition coefficient (Wildman–Crippen LogP) is 3.71. The number of aromatic nitrogens is 7. The van der Waals surface area contributed by atoms with Gasteiger partial charge in [-0.1, -0.05) is 12.1 Å². The van der Waals surface area contributed by atoms with Crippen molar-refractivity contribution in [2.24, 2.45) is 0 Å². The predicted molar refractivity (Wildman–Crippen MR) is 103 cm³/mol. The van der Waals surface area contributed by atoms with Crippen LogP contribution in [0.5, 0.6) is 0 Å². The number of benzene rings is 1. The fraction of sp³-hybridized carbons (Fsp3) is 0.100. The van der Waals surface area contributed by atoms with E-state index in [1.165, 1.54) is 12.1 Å². The van der Waals surface area contributed by atoms with Crippen LogP contribution in [0.15, 0.2) is 55.2 Å². The molecule has 28 heavy (non-hydrogen) atoms. The van der Waals surface area contributed by atoms with Gasteiger partial charge in [-0.05, 0) is 24.6 Å². The molecule has 0 amide bonds. The van der Waals surface area contributed by atoms with Crippen molar-refractivity contribution in [2.75, 3.05) is 0 Å². The summed E-state index contributed by atoms with van der Waals surface area (Å²) in [5.74, 6) is -0.245. The summed E-state index contributed by atoms with van der Waals surface area (Å²) in [6.45, 7) is 2.51. The lowest BCUT2D eigenvalue weighted by Crippen LogP contribution is -1.99. The van der Waals surface area contributed by atoms with Crippen LogP contribution in [0.3, 0.4) is 0 Å². The highest BCUT2D eigenvalue weighted by atomic mass is 19.1. The Kier molecular flexibility index (Phi) is 3.75. The number of nitrogens with zero attached hydrogens (tertiary/aromatic N) is 5. The number of aromatic amines is 2. The van der Waals surface area contributed by atoms with Crippen molar-refractivity contribution in [3.8, 4) is 22.4 Å². The third-order valence-corrected chi connectivity index (χ3v) is 4.69. The number of H-pyrrole nitrogens is 2. The van der Waals surface area contributed by atoms with Crippen molar-refractivity contribution < 1.29 is 4.39 Å². The van der Waals surface area contributed by atoms with Gasteiger partial charge in [0.2, 0.25) is 0 Å². The minimum absolute atomic E-state index is 0.245. The molecule has 0 bridgehead atoms. The number of nitrogens with one attached hydrogen (secondary N) is 2. The molecule has 0 saturated heterocycles. The smallest absolute Gasteiger partial charge is 0.156 e. The van der Waals surface area contributed by atoms with Gasteiger partial charge in [0, 0.05) is 34.8 Å². The summed E-state index contributed by atoms with van der Waals surface area (Å²) in [6.07, 6.45) is 9.11. The van der Waals surface area contributed by atoms with Gasteiger partial charge >= 0.3 is 0 Å². The Labute approximate surface area is 159 Å². The van der Waals surface area contributed by atoms with Crippen LogP contribution in [0, 0.1) is 12.7 Å². The lowest BCUT2D eigenvalue weighted by molar-refractivity contribution is 0.624. The molecular weight excluding hydrogens is 357 g/mol. The Morgan fingerprint density at radius 2 is 1.93 bits per heavy atom. The molecule has 2 N–H and O–H groups in total. The maximum Gasteiger partial charge on any atom is 0.156 e. The van der Waals surface area contributed by atoms with E-state index in [0.717, 1.165) is 39.2 Å². The molecular formula is C20H16FN7. The summed E-state index contributed by atoms with van der Waals surface area (Å²) in [6, 6.07) is 6.42. The van der Waals surface area contributed by atoms with Crippen molar-refractivity contribution in [1.82, 2.24) is 34.9 Å². The standard InChI is InChI=1S/C20H16FN7/c1-12-16(8-24-27-12)18-9-23-20-19(26-18)17(7-22-20)14-6-25-28(11-14)10-13-2-4-15(21)5-3-13/h2-9,11H,10H2,1H3,(H,22,23)(H,24,27). The lowest BCUT2D eigenvalue weighted by atomic mass is 10.1. The molecule has 138 valence electrons. The van der Waals surface area contributed by atoms with Gasteiger partial charge in [-0.15, -0.1) is 0 Å². The van der Waals surface area contributed by atoms with Crippen molar-refractivity contribution >= 4 is 11.2 Å². The maximum atomic E-state index is 13.1. The minimum atomic E-state index is -0.245. The molecule has 0 fully saturated rings. The number of fused-ring (bicyclic) bond motifs is 1. The van der Waals surface area contributed by atoms with Crippen molar-refractivity contribution in [3.63, 3.8) is 0 Å². The molecule has 0 atom stereocenters. The van der Waals surface area contributed by atoms with E-state index in [2.05, 4.69) is 25.3 Å². The zero-order chi connectivity index (χ0) is 19.1. The minimum Gasteiger partial charge on any atom is -0.344 e. The second-order valence-corrected chi connectivity index (χ2v) is 6.62. The van der Waals surface area contributed by atoms with E-state index < -0.39 is 0 Å². The van der Waals surface area contributed by atoms with E-state index >= 15 is 0 Å². The molecule has 7 nitrogen and oxygen atoms in total. The number of aryl methyl sites for hydroxylation is 1. The highest BCUT2D eigenvalue weighted by Crippen LogP contribution is 2.28. The first-order chi connectivity index (χ1) is 13.7. The monoisotopic (exact) mass is 373 g/mol. The van der Waals surface area contributed by atoms with E-state index in [-0.39, 0.29) is 5.82 Å². The van der Waals surface area contributed by atoms with Crippen LogP contribution in [0.2, 0.25) is 0 Å². The third kappa shape index (κ3) is 2.84. The van der Waals surface area contributed by atoms with Gasteiger partial charge < -0.3 is 4.98 Å². The second kappa shape index (κ2) is 6.41. The van der Waals surface area contributed by atoms with E-state index in [4.69, 9.17) is 4.98 Å². The molecule has 0 aliphatic heterocycles. The number of hydrogen-bond donors (Lipinski definition) is 2. The van der Waals surface area contributed by atoms with Gasteiger partial charge in [0.1, 0.15) is 11.3 Å². The van der Waals surface area contributed by atoms with Gasteiger partial charge in [0.15, 0.2) is 5.65 Å². The Morgan fingerprint density at radius 1 is 1.07 bits per heavy atom. The highest BCUT2D eigenvalue weighted by molar-refractivity contribution is 5.91. The van der Waals surface area contributed by atoms with Gasteiger partial charge in [-0.2, -0.15) is 10.2 Å². The summed E-state index contributed by atoms with van der Waals surface area (Å²) in [5, 5.41) is 11.4. The Balaban J connectivity index is 1.50. The summed E-state index contributed by atoms with van der Waals surface area (Å²) in [4.78, 5) is 12.4. The van der Waals surface area contributed by atoms with Gasteiger partial charge in [-0.3, -0.25) is 9.78 Å². The SMILES string of the molecule is Cc1[nH]ncc1-c1cnc2[nH]cc(-c3cnn(Cc4ccc(F)cc4)c3)c2n1. The van der Waals surface area contributed by atoms with Crippen LogP contribution >= 0.6 is 0 Å². The molecule has 4 aromatic heterocycles. The molecule has 0 spiro atoms. The first-order valence-corrected chi connectivity index (χ1v) is 8.79. The molecule has 5 aromatic rings. The van der Waals surface area contributed by atoms with Gasteiger partial charge in [0.05, 0.1) is 30.8 Å². The van der Waals surface area contributed by atoms with Crippen LogP contribution in [0.25, 0.3) is 33.5 Å². The second-order valence-electron chi connectivity index (χ2n) is 6.62. The molecule has 5 rings (SSSR count). The van der Waals surface area contributed by atoms with Crippen LogP contribution < -0.4 is 0 Å². The van der Waals surface area contributed by atoms with Crippen LogP contribution in [0.4, 0.5) is 4.39 Å².